The van der Waals surface area contributed by atoms with Gasteiger partial charge in [-0.15, -0.1) is 35.3 Å². The molecule has 0 unspecified atom stereocenters. The van der Waals surface area contributed by atoms with Gasteiger partial charge in [0.15, 0.2) is 11.1 Å². The van der Waals surface area contributed by atoms with Gasteiger partial charge in [-0.1, -0.05) is 12.1 Å². The summed E-state index contributed by atoms with van der Waals surface area (Å²) < 4.78 is 5.50. The van der Waals surface area contributed by atoms with Crippen LogP contribution < -0.4 is 19.9 Å². The molecule has 1 aromatic carbocycles. The molecule has 2 aromatic rings. The van der Waals surface area contributed by atoms with Gasteiger partial charge < -0.3 is 24.8 Å². The summed E-state index contributed by atoms with van der Waals surface area (Å²) >= 11 is 1.66. The predicted octanol–water partition coefficient (Wildman–Crippen LogP) is 2.73. The van der Waals surface area contributed by atoms with Crippen LogP contribution in [0.3, 0.4) is 0 Å². The van der Waals surface area contributed by atoms with Gasteiger partial charge in [0.25, 0.3) is 0 Å². The fourth-order valence-corrected chi connectivity index (χ4v) is 3.89. The predicted molar refractivity (Wildman–Crippen MR) is 129 cm³/mol. The Morgan fingerprint density at radius 1 is 1.25 bits per heavy atom. The van der Waals surface area contributed by atoms with Gasteiger partial charge in [-0.25, -0.2) is 4.98 Å². The van der Waals surface area contributed by atoms with Gasteiger partial charge in [0.05, 0.1) is 25.0 Å². The highest BCUT2D eigenvalue weighted by Gasteiger charge is 2.21. The second-order valence-electron chi connectivity index (χ2n) is 6.56. The van der Waals surface area contributed by atoms with Crippen molar-refractivity contribution in [3.63, 3.8) is 0 Å². The molecular formula is C19H29IN6OS. The van der Waals surface area contributed by atoms with E-state index in [-0.39, 0.29) is 24.0 Å². The minimum absolute atomic E-state index is 0. The van der Waals surface area contributed by atoms with Crippen LogP contribution in [0.25, 0.3) is 0 Å². The molecule has 0 saturated carbocycles. The van der Waals surface area contributed by atoms with Crippen molar-refractivity contribution in [3.8, 4) is 5.75 Å². The number of piperazine rings is 1. The highest BCUT2D eigenvalue weighted by Crippen LogP contribution is 2.28. The Bertz CT molecular complexity index is 773. The zero-order valence-electron chi connectivity index (χ0n) is 16.9. The molecule has 28 heavy (non-hydrogen) atoms. The van der Waals surface area contributed by atoms with Crippen molar-refractivity contribution in [1.82, 2.24) is 15.2 Å². The number of para-hydroxylation sites is 2. The zero-order chi connectivity index (χ0) is 19.2. The summed E-state index contributed by atoms with van der Waals surface area (Å²) in [6.07, 6.45) is 0. The lowest BCUT2D eigenvalue weighted by Crippen LogP contribution is -2.52. The second kappa shape index (κ2) is 10.7. The van der Waals surface area contributed by atoms with Gasteiger partial charge in [-0.3, -0.25) is 4.99 Å². The zero-order valence-corrected chi connectivity index (χ0v) is 20.0. The summed E-state index contributed by atoms with van der Waals surface area (Å²) in [5.74, 6) is 1.85. The molecule has 2 heterocycles. The standard InChI is InChI=1S/C19H28N6OS.HI/c1-20-18(21-13-15-14-27-19(22-15)23(2)3)25-11-9-24(10-12-25)16-7-5-6-8-17(16)26-4;/h5-8,14H,9-13H2,1-4H3,(H,20,21);1H. The van der Waals surface area contributed by atoms with E-state index in [1.807, 2.05) is 38.2 Å². The molecule has 3 rings (SSSR count). The number of rotatable bonds is 5. The van der Waals surface area contributed by atoms with Crippen molar-refractivity contribution in [1.29, 1.82) is 0 Å². The van der Waals surface area contributed by atoms with E-state index in [0.29, 0.717) is 6.54 Å². The fraction of sp³-hybridized carbons (Fsp3) is 0.474. The van der Waals surface area contributed by atoms with Crippen LogP contribution in [-0.2, 0) is 6.54 Å². The number of thiazole rings is 1. The van der Waals surface area contributed by atoms with Crippen LogP contribution in [0.4, 0.5) is 10.8 Å². The molecule has 0 aliphatic carbocycles. The molecule has 1 fully saturated rings. The topological polar surface area (TPSA) is 56.2 Å². The minimum Gasteiger partial charge on any atom is -0.495 e. The second-order valence-corrected chi connectivity index (χ2v) is 7.40. The summed E-state index contributed by atoms with van der Waals surface area (Å²) in [4.78, 5) is 15.8. The number of benzene rings is 1. The maximum Gasteiger partial charge on any atom is 0.194 e. The molecule has 1 saturated heterocycles. The molecule has 9 heteroatoms. The number of anilines is 2. The lowest BCUT2D eigenvalue weighted by Gasteiger charge is -2.38. The lowest BCUT2D eigenvalue weighted by molar-refractivity contribution is 0.367. The first kappa shape index (κ1) is 22.5. The smallest absolute Gasteiger partial charge is 0.194 e. The molecular weight excluding hydrogens is 487 g/mol. The van der Waals surface area contributed by atoms with Gasteiger partial charge in [-0.05, 0) is 12.1 Å². The van der Waals surface area contributed by atoms with Crippen LogP contribution >= 0.6 is 35.3 Å². The number of aliphatic imine (C=N–C) groups is 1. The van der Waals surface area contributed by atoms with Crippen molar-refractivity contribution in [2.24, 2.45) is 4.99 Å². The van der Waals surface area contributed by atoms with Crippen molar-refractivity contribution in [2.75, 3.05) is 64.2 Å². The monoisotopic (exact) mass is 516 g/mol. The minimum atomic E-state index is 0. The first-order valence-corrected chi connectivity index (χ1v) is 9.95. The maximum absolute atomic E-state index is 5.50. The summed E-state index contributed by atoms with van der Waals surface area (Å²) in [7, 11) is 7.58. The van der Waals surface area contributed by atoms with Crippen LogP contribution in [0.5, 0.6) is 5.75 Å². The van der Waals surface area contributed by atoms with Gasteiger partial charge in [0.2, 0.25) is 0 Å². The molecule has 154 valence electrons. The van der Waals surface area contributed by atoms with E-state index in [2.05, 4.69) is 42.6 Å². The summed E-state index contributed by atoms with van der Waals surface area (Å²) in [6, 6.07) is 8.19. The quantitative estimate of drug-likeness (QED) is 0.375. The molecule has 1 aliphatic heterocycles. The molecule has 0 amide bonds. The maximum atomic E-state index is 5.50. The van der Waals surface area contributed by atoms with E-state index in [0.717, 1.165) is 54.4 Å². The van der Waals surface area contributed by atoms with Crippen LogP contribution in [0, 0.1) is 0 Å². The Morgan fingerprint density at radius 3 is 2.57 bits per heavy atom. The first-order chi connectivity index (χ1) is 13.1. The van der Waals surface area contributed by atoms with E-state index in [1.165, 1.54) is 0 Å². The molecule has 0 spiro atoms. The molecule has 1 aromatic heterocycles. The fourth-order valence-electron chi connectivity index (χ4n) is 3.13. The summed E-state index contributed by atoms with van der Waals surface area (Å²) in [5.41, 5.74) is 2.19. The molecule has 1 aliphatic rings. The number of nitrogens with zero attached hydrogens (tertiary/aromatic N) is 5. The molecule has 0 radical (unpaired) electrons. The number of methoxy groups -OCH3 is 1. The number of halogens is 1. The lowest BCUT2D eigenvalue weighted by atomic mass is 10.2. The molecule has 0 bridgehead atoms. The number of ether oxygens (including phenoxy) is 1. The summed E-state index contributed by atoms with van der Waals surface area (Å²) in [5, 5.41) is 6.56. The first-order valence-electron chi connectivity index (χ1n) is 9.07. The molecule has 1 N–H and O–H groups in total. The SMILES string of the molecule is CN=C(NCc1csc(N(C)C)n1)N1CCN(c2ccccc2OC)CC1.I. The molecule has 0 atom stereocenters. The number of hydrogen-bond acceptors (Lipinski definition) is 6. The van der Waals surface area contributed by atoms with Crippen LogP contribution in [-0.4, -0.2) is 70.3 Å². The highest BCUT2D eigenvalue weighted by molar-refractivity contribution is 14.0. The van der Waals surface area contributed by atoms with Crippen molar-refractivity contribution in [3.05, 3.63) is 35.3 Å². The van der Waals surface area contributed by atoms with Crippen molar-refractivity contribution in [2.45, 2.75) is 6.54 Å². The van der Waals surface area contributed by atoms with Gasteiger partial charge in [0, 0.05) is 52.7 Å². The largest absolute Gasteiger partial charge is 0.495 e. The molecule has 7 nitrogen and oxygen atoms in total. The highest BCUT2D eigenvalue weighted by atomic mass is 127. The number of hydrogen-bond donors (Lipinski definition) is 1. The Kier molecular flexibility index (Phi) is 8.61. The van der Waals surface area contributed by atoms with E-state index in [9.17, 15) is 0 Å². The van der Waals surface area contributed by atoms with Crippen LogP contribution in [0.15, 0.2) is 34.6 Å². The Balaban J connectivity index is 0.00000280. The third-order valence-corrected chi connectivity index (χ3v) is 5.62. The normalized spacial score (nSPS) is 14.5. The summed E-state index contributed by atoms with van der Waals surface area (Å²) in [6.45, 7) is 4.38. The van der Waals surface area contributed by atoms with Crippen LogP contribution in [0.2, 0.25) is 0 Å². The number of nitrogens with one attached hydrogen (secondary N) is 1. The third-order valence-electron chi connectivity index (χ3n) is 4.57. The number of guanidine groups is 1. The Hall–Kier alpha value is -1.75. The average molecular weight is 516 g/mol. The van der Waals surface area contributed by atoms with Crippen molar-refractivity contribution < 1.29 is 4.74 Å². The Labute approximate surface area is 188 Å². The van der Waals surface area contributed by atoms with Gasteiger partial charge in [-0.2, -0.15) is 0 Å². The van der Waals surface area contributed by atoms with E-state index in [4.69, 9.17) is 4.74 Å². The van der Waals surface area contributed by atoms with Crippen LogP contribution in [0.1, 0.15) is 5.69 Å². The Morgan fingerprint density at radius 2 is 1.96 bits per heavy atom. The van der Waals surface area contributed by atoms with Crippen molar-refractivity contribution >= 4 is 52.1 Å². The van der Waals surface area contributed by atoms with E-state index < -0.39 is 0 Å². The van der Waals surface area contributed by atoms with E-state index in [1.54, 1.807) is 18.4 Å². The average Bonchev–Trinajstić information content (AvgIpc) is 3.18. The van der Waals surface area contributed by atoms with Gasteiger partial charge in [0.1, 0.15) is 5.75 Å². The third kappa shape index (κ3) is 5.40. The number of aromatic nitrogens is 1. The van der Waals surface area contributed by atoms with Gasteiger partial charge >= 0.3 is 0 Å². The van der Waals surface area contributed by atoms with E-state index >= 15 is 0 Å².